The molecule has 30 heavy (non-hydrogen) atoms. The third-order valence-electron chi connectivity index (χ3n) is 5.26. The quantitative estimate of drug-likeness (QED) is 0.566. The van der Waals surface area contributed by atoms with E-state index in [1.165, 1.54) is 0 Å². The summed E-state index contributed by atoms with van der Waals surface area (Å²) in [5.41, 5.74) is 2.69. The summed E-state index contributed by atoms with van der Waals surface area (Å²) in [6, 6.07) is 3.35. The smallest absolute Gasteiger partial charge is 0.325 e. The van der Waals surface area contributed by atoms with Crippen LogP contribution in [0.3, 0.4) is 0 Å². The molecule has 0 spiro atoms. The van der Waals surface area contributed by atoms with E-state index in [0.717, 1.165) is 33.7 Å². The number of carbonyl (C=O) groups excluding carboxylic acids is 4. The predicted molar refractivity (Wildman–Crippen MR) is 115 cm³/mol. The second-order valence-corrected chi connectivity index (χ2v) is 8.68. The molecule has 1 atom stereocenters. The number of nitrogens with zero attached hydrogens (tertiary/aromatic N) is 1. The first kappa shape index (κ1) is 23.4. The van der Waals surface area contributed by atoms with Crippen molar-refractivity contribution in [3.05, 3.63) is 28.8 Å². The van der Waals surface area contributed by atoms with E-state index in [4.69, 9.17) is 0 Å². The Morgan fingerprint density at radius 2 is 1.70 bits per heavy atom. The van der Waals surface area contributed by atoms with Gasteiger partial charge in [0.25, 0.3) is 5.91 Å². The number of rotatable bonds is 8. The van der Waals surface area contributed by atoms with Crippen LogP contribution < -0.4 is 16.0 Å². The molecule has 1 fully saturated rings. The average Bonchev–Trinajstić information content (AvgIpc) is 2.85. The van der Waals surface area contributed by atoms with Gasteiger partial charge < -0.3 is 16.0 Å². The lowest BCUT2D eigenvalue weighted by Gasteiger charge is -2.22. The largest absolute Gasteiger partial charge is 0.345 e. The van der Waals surface area contributed by atoms with Crippen molar-refractivity contribution < 1.29 is 19.2 Å². The first-order valence-electron chi connectivity index (χ1n) is 10.2. The fourth-order valence-corrected chi connectivity index (χ4v) is 3.58. The van der Waals surface area contributed by atoms with Crippen molar-refractivity contribution in [2.45, 2.75) is 59.9 Å². The van der Waals surface area contributed by atoms with Crippen LogP contribution >= 0.6 is 0 Å². The molecular formula is C22H32N4O4. The second-order valence-electron chi connectivity index (χ2n) is 8.68. The molecule has 1 aromatic rings. The zero-order valence-electron chi connectivity index (χ0n) is 18.6. The molecule has 164 valence electrons. The lowest BCUT2D eigenvalue weighted by molar-refractivity contribution is -0.135. The van der Waals surface area contributed by atoms with Gasteiger partial charge in [0.1, 0.15) is 12.1 Å². The zero-order chi connectivity index (χ0) is 22.6. The van der Waals surface area contributed by atoms with Gasteiger partial charge >= 0.3 is 6.03 Å². The number of urea groups is 1. The van der Waals surface area contributed by atoms with E-state index in [9.17, 15) is 19.2 Å². The first-order valence-corrected chi connectivity index (χ1v) is 10.2. The molecule has 2 rings (SSSR count). The van der Waals surface area contributed by atoms with E-state index in [2.05, 4.69) is 16.0 Å². The minimum Gasteiger partial charge on any atom is -0.345 e. The topological polar surface area (TPSA) is 108 Å². The van der Waals surface area contributed by atoms with Crippen LogP contribution in [-0.2, 0) is 14.4 Å². The van der Waals surface area contributed by atoms with Gasteiger partial charge in [-0.2, -0.15) is 0 Å². The van der Waals surface area contributed by atoms with Crippen LogP contribution in [0.1, 0.15) is 50.3 Å². The third-order valence-corrected chi connectivity index (χ3v) is 5.26. The maximum absolute atomic E-state index is 12.7. The summed E-state index contributed by atoms with van der Waals surface area (Å²) in [4.78, 5) is 50.2. The van der Waals surface area contributed by atoms with Crippen LogP contribution in [0.5, 0.6) is 0 Å². The fraction of sp³-hybridized carbons (Fsp3) is 0.545. The van der Waals surface area contributed by atoms with Gasteiger partial charge in [-0.3, -0.25) is 19.3 Å². The number of amides is 5. The zero-order valence-corrected chi connectivity index (χ0v) is 18.6. The van der Waals surface area contributed by atoms with Gasteiger partial charge in [-0.25, -0.2) is 4.79 Å². The lowest BCUT2D eigenvalue weighted by Crippen LogP contribution is -2.46. The van der Waals surface area contributed by atoms with E-state index >= 15 is 0 Å². The maximum Gasteiger partial charge on any atom is 0.325 e. The number of carbonyl (C=O) groups is 4. The summed E-state index contributed by atoms with van der Waals surface area (Å²) in [5.74, 6) is -0.974. The Bertz CT molecular complexity index is 842. The molecule has 8 nitrogen and oxygen atoms in total. The van der Waals surface area contributed by atoms with Crippen molar-refractivity contribution in [2.75, 3.05) is 18.4 Å². The summed E-state index contributed by atoms with van der Waals surface area (Å²) in [5, 5.41) is 7.96. The number of nitrogens with one attached hydrogen (secondary N) is 3. The molecule has 5 amide bonds. The molecule has 1 aliphatic heterocycles. The van der Waals surface area contributed by atoms with Crippen molar-refractivity contribution >= 4 is 29.4 Å². The van der Waals surface area contributed by atoms with Crippen molar-refractivity contribution in [3.63, 3.8) is 0 Å². The molecule has 3 N–H and O–H groups in total. The molecular weight excluding hydrogens is 384 g/mol. The van der Waals surface area contributed by atoms with Gasteiger partial charge in [-0.05, 0) is 57.6 Å². The third kappa shape index (κ3) is 5.58. The van der Waals surface area contributed by atoms with Crippen LogP contribution in [0.25, 0.3) is 0 Å². The van der Waals surface area contributed by atoms with Crippen molar-refractivity contribution in [1.82, 2.24) is 15.5 Å². The summed E-state index contributed by atoms with van der Waals surface area (Å²) >= 11 is 0. The molecule has 1 saturated heterocycles. The molecule has 0 radical (unpaired) electrons. The second kappa shape index (κ2) is 9.28. The lowest BCUT2D eigenvalue weighted by atomic mass is 9.92. The van der Waals surface area contributed by atoms with E-state index in [1.54, 1.807) is 6.92 Å². The molecule has 1 heterocycles. The molecule has 1 aliphatic rings. The number of imide groups is 1. The first-order chi connectivity index (χ1) is 13.9. The average molecular weight is 417 g/mol. The summed E-state index contributed by atoms with van der Waals surface area (Å²) < 4.78 is 0. The van der Waals surface area contributed by atoms with E-state index < -0.39 is 29.9 Å². The Morgan fingerprint density at radius 3 is 2.27 bits per heavy atom. The van der Waals surface area contributed by atoms with Crippen molar-refractivity contribution in [1.29, 1.82) is 0 Å². The maximum atomic E-state index is 12.7. The van der Waals surface area contributed by atoms with Crippen LogP contribution in [0.2, 0.25) is 0 Å². The summed E-state index contributed by atoms with van der Waals surface area (Å²) in [7, 11) is 0. The summed E-state index contributed by atoms with van der Waals surface area (Å²) in [6.45, 7) is 10.9. The Labute approximate surface area is 177 Å². The highest BCUT2D eigenvalue weighted by Gasteiger charge is 2.47. The summed E-state index contributed by atoms with van der Waals surface area (Å²) in [6.07, 6.45) is 1.28. The minimum absolute atomic E-state index is 0.250. The van der Waals surface area contributed by atoms with Gasteiger partial charge in [-0.15, -0.1) is 0 Å². The number of hydrogen-bond donors (Lipinski definition) is 3. The van der Waals surface area contributed by atoms with Crippen LogP contribution in [0.15, 0.2) is 12.1 Å². The van der Waals surface area contributed by atoms with Gasteiger partial charge in [0.15, 0.2) is 0 Å². The number of benzene rings is 1. The Hall–Kier alpha value is -2.90. The molecule has 1 aromatic carbocycles. The fourth-order valence-electron chi connectivity index (χ4n) is 3.58. The van der Waals surface area contributed by atoms with Crippen molar-refractivity contribution in [3.8, 4) is 0 Å². The molecule has 0 bridgehead atoms. The number of anilines is 1. The molecule has 0 unspecified atom stereocenters. The number of aryl methyl sites for hydroxylation is 3. The van der Waals surface area contributed by atoms with Crippen LogP contribution in [0.4, 0.5) is 10.5 Å². The molecule has 0 aromatic heterocycles. The van der Waals surface area contributed by atoms with E-state index in [1.807, 2.05) is 46.8 Å². The normalized spacial score (nSPS) is 18.6. The monoisotopic (exact) mass is 416 g/mol. The Balaban J connectivity index is 1.89. The Morgan fingerprint density at radius 1 is 1.10 bits per heavy atom. The Kier molecular flexibility index (Phi) is 7.23. The van der Waals surface area contributed by atoms with E-state index in [-0.39, 0.29) is 12.5 Å². The van der Waals surface area contributed by atoms with Crippen LogP contribution in [-0.4, -0.2) is 47.3 Å². The molecule has 8 heteroatoms. The highest BCUT2D eigenvalue weighted by molar-refractivity contribution is 6.09. The van der Waals surface area contributed by atoms with Gasteiger partial charge in [0, 0.05) is 5.69 Å². The SMILES string of the molecule is Cc1cc(C)c(NC(=O)CNC(=O)CN2C(=O)N[C@](C)(CCC(C)C)C2=O)c(C)c1. The molecule has 0 saturated carbocycles. The minimum atomic E-state index is -1.00. The van der Waals surface area contributed by atoms with Gasteiger partial charge in [0.05, 0.1) is 6.54 Å². The highest BCUT2D eigenvalue weighted by Crippen LogP contribution is 2.24. The van der Waals surface area contributed by atoms with E-state index in [0.29, 0.717) is 12.3 Å². The van der Waals surface area contributed by atoms with Gasteiger partial charge in [-0.1, -0.05) is 31.5 Å². The highest BCUT2D eigenvalue weighted by atomic mass is 16.2. The number of hydrogen-bond acceptors (Lipinski definition) is 4. The van der Waals surface area contributed by atoms with Crippen molar-refractivity contribution in [2.24, 2.45) is 5.92 Å². The molecule has 0 aliphatic carbocycles. The van der Waals surface area contributed by atoms with Crippen LogP contribution in [0, 0.1) is 26.7 Å². The standard InChI is InChI=1S/C22H32N4O4/c1-13(2)7-8-22(6)20(29)26(21(30)25-22)12-18(28)23-11-17(27)24-19-15(4)9-14(3)10-16(19)5/h9-10,13H,7-8,11-12H2,1-6H3,(H,23,28)(H,24,27)(H,25,30)/t22-/m1/s1. The predicted octanol–water partition coefficient (Wildman–Crippen LogP) is 2.41. The van der Waals surface area contributed by atoms with Gasteiger partial charge in [0.2, 0.25) is 11.8 Å².